The molecule has 1 atom stereocenters. The maximum atomic E-state index is 5.13. The molecule has 1 aromatic heterocycles. The zero-order valence-corrected chi connectivity index (χ0v) is 18.1. The Morgan fingerprint density at radius 3 is 2.62 bits per heavy atom. The van der Waals surface area contributed by atoms with E-state index in [4.69, 9.17) is 4.74 Å². The predicted octanol–water partition coefficient (Wildman–Crippen LogP) is 1.96. The van der Waals surface area contributed by atoms with Crippen LogP contribution < -0.4 is 10.6 Å². The quantitative estimate of drug-likeness (QED) is 0.359. The van der Waals surface area contributed by atoms with E-state index in [9.17, 15) is 0 Å². The molecule has 0 aromatic carbocycles. The van der Waals surface area contributed by atoms with Crippen LogP contribution in [0.1, 0.15) is 43.8 Å². The summed E-state index contributed by atoms with van der Waals surface area (Å²) in [5, 5.41) is 11.7. The second-order valence-corrected chi connectivity index (χ2v) is 7.73. The highest BCUT2D eigenvalue weighted by atomic mass is 127. The molecule has 0 spiro atoms. The van der Waals surface area contributed by atoms with E-state index in [1.807, 2.05) is 11.7 Å². The van der Waals surface area contributed by atoms with Gasteiger partial charge < -0.3 is 15.4 Å². The Morgan fingerprint density at radius 1 is 1.27 bits per heavy atom. The van der Waals surface area contributed by atoms with Gasteiger partial charge in [-0.05, 0) is 49.9 Å². The Bertz CT molecular complexity index is 613. The lowest BCUT2D eigenvalue weighted by Gasteiger charge is -2.26. The molecule has 7 nitrogen and oxygen atoms in total. The van der Waals surface area contributed by atoms with Crippen molar-refractivity contribution in [1.29, 1.82) is 0 Å². The minimum atomic E-state index is 0. The van der Waals surface area contributed by atoms with Crippen molar-refractivity contribution in [1.82, 2.24) is 25.4 Å². The number of aryl methyl sites for hydroxylation is 1. The lowest BCUT2D eigenvalue weighted by atomic mass is 9.98. The molecule has 0 amide bonds. The van der Waals surface area contributed by atoms with Gasteiger partial charge in [-0.3, -0.25) is 4.99 Å². The van der Waals surface area contributed by atoms with Crippen LogP contribution in [0.15, 0.2) is 4.99 Å². The molecule has 2 fully saturated rings. The largest absolute Gasteiger partial charge is 0.377 e. The number of guanidine groups is 1. The van der Waals surface area contributed by atoms with Crippen LogP contribution in [0.4, 0.5) is 0 Å². The Morgan fingerprint density at radius 2 is 2.00 bits per heavy atom. The molecule has 2 heterocycles. The Kier molecular flexibility index (Phi) is 6.76. The molecule has 2 N–H and O–H groups in total. The zero-order chi connectivity index (χ0) is 17.2. The van der Waals surface area contributed by atoms with Gasteiger partial charge in [0.2, 0.25) is 0 Å². The maximum Gasteiger partial charge on any atom is 0.191 e. The predicted molar refractivity (Wildman–Crippen MR) is 112 cm³/mol. The van der Waals surface area contributed by atoms with E-state index in [2.05, 4.69) is 25.7 Å². The smallest absolute Gasteiger partial charge is 0.191 e. The van der Waals surface area contributed by atoms with Crippen molar-refractivity contribution in [3.63, 3.8) is 0 Å². The normalized spacial score (nSPS) is 22.7. The van der Waals surface area contributed by atoms with Crippen LogP contribution in [0.25, 0.3) is 0 Å². The van der Waals surface area contributed by atoms with Gasteiger partial charge in [0, 0.05) is 33.2 Å². The number of hydrogen-bond acceptors (Lipinski definition) is 4. The molecule has 0 saturated heterocycles. The van der Waals surface area contributed by atoms with E-state index < -0.39 is 0 Å². The van der Waals surface area contributed by atoms with Crippen molar-refractivity contribution in [2.45, 2.75) is 57.7 Å². The first-order chi connectivity index (χ1) is 12.3. The molecule has 2 aliphatic carbocycles. The summed E-state index contributed by atoms with van der Waals surface area (Å²) >= 11 is 0. The minimum absolute atomic E-state index is 0. The standard InChI is InChI=1S/C18H30N6O.HI/c1-19-18(20-9-15(12-3-4-12)13-5-6-13)21-14-7-8-17-22-16(11-25-2)23-24(17)10-14;/h12-15H,3-11H2,1-2H3,(H2,19,20,21);1H. The van der Waals surface area contributed by atoms with Gasteiger partial charge in [0.25, 0.3) is 0 Å². The molecule has 1 unspecified atom stereocenters. The van der Waals surface area contributed by atoms with Crippen molar-refractivity contribution in [3.05, 3.63) is 11.6 Å². The topological polar surface area (TPSA) is 76.4 Å². The monoisotopic (exact) mass is 474 g/mol. The Labute approximate surface area is 172 Å². The molecule has 3 aliphatic rings. The molecule has 0 bridgehead atoms. The Balaban J connectivity index is 0.00000196. The minimum Gasteiger partial charge on any atom is -0.377 e. The summed E-state index contributed by atoms with van der Waals surface area (Å²) in [7, 11) is 3.54. The number of rotatable bonds is 7. The van der Waals surface area contributed by atoms with Crippen LogP contribution >= 0.6 is 24.0 Å². The summed E-state index contributed by atoms with van der Waals surface area (Å²) < 4.78 is 7.15. The zero-order valence-electron chi connectivity index (χ0n) is 15.8. The summed E-state index contributed by atoms with van der Waals surface area (Å²) in [6.07, 6.45) is 7.71. The fraction of sp³-hybridized carbons (Fsp3) is 0.833. The van der Waals surface area contributed by atoms with Gasteiger partial charge in [-0.2, -0.15) is 5.10 Å². The second kappa shape index (κ2) is 8.86. The fourth-order valence-electron chi connectivity index (χ4n) is 4.04. The van der Waals surface area contributed by atoms with E-state index >= 15 is 0 Å². The second-order valence-electron chi connectivity index (χ2n) is 7.73. The van der Waals surface area contributed by atoms with Crippen LogP contribution in [0.5, 0.6) is 0 Å². The number of nitrogens with one attached hydrogen (secondary N) is 2. The Hall–Kier alpha value is -0.900. The maximum absolute atomic E-state index is 5.13. The van der Waals surface area contributed by atoms with Crippen LogP contribution in [0, 0.1) is 17.8 Å². The first-order valence-corrected chi connectivity index (χ1v) is 9.65. The van der Waals surface area contributed by atoms with Gasteiger partial charge in [0.05, 0.1) is 6.54 Å². The molecule has 1 aromatic rings. The van der Waals surface area contributed by atoms with Gasteiger partial charge in [-0.15, -0.1) is 24.0 Å². The van der Waals surface area contributed by atoms with Crippen molar-refractivity contribution < 1.29 is 4.74 Å². The average molecular weight is 474 g/mol. The van der Waals surface area contributed by atoms with Crippen molar-refractivity contribution in [2.24, 2.45) is 22.7 Å². The number of aliphatic imine (C=N–C) groups is 1. The van der Waals surface area contributed by atoms with E-state index in [1.54, 1.807) is 7.11 Å². The molecule has 0 radical (unpaired) electrons. The summed E-state index contributed by atoms with van der Waals surface area (Å²) in [5.41, 5.74) is 0. The first kappa shape index (κ1) is 19.9. The van der Waals surface area contributed by atoms with Gasteiger partial charge in [0.15, 0.2) is 11.8 Å². The lowest BCUT2D eigenvalue weighted by Crippen LogP contribution is -2.48. The van der Waals surface area contributed by atoms with Gasteiger partial charge >= 0.3 is 0 Å². The lowest BCUT2D eigenvalue weighted by molar-refractivity contribution is 0.177. The fourth-order valence-corrected chi connectivity index (χ4v) is 4.04. The number of nitrogens with zero attached hydrogens (tertiary/aromatic N) is 4. The molecule has 26 heavy (non-hydrogen) atoms. The van der Waals surface area contributed by atoms with Crippen molar-refractivity contribution in [3.8, 4) is 0 Å². The SMILES string of the molecule is CN=C(NCC(C1CC1)C1CC1)NC1CCc2nc(COC)nn2C1.I. The highest BCUT2D eigenvalue weighted by molar-refractivity contribution is 14.0. The van der Waals surface area contributed by atoms with Crippen LogP contribution in [-0.2, 0) is 24.3 Å². The van der Waals surface area contributed by atoms with Crippen LogP contribution in [-0.4, -0.2) is 47.5 Å². The van der Waals surface area contributed by atoms with Crippen LogP contribution in [0.2, 0.25) is 0 Å². The van der Waals surface area contributed by atoms with Gasteiger partial charge in [-0.1, -0.05) is 0 Å². The number of hydrogen-bond donors (Lipinski definition) is 2. The number of aromatic nitrogens is 3. The molecule has 8 heteroatoms. The van der Waals surface area contributed by atoms with E-state index in [1.165, 1.54) is 25.7 Å². The summed E-state index contributed by atoms with van der Waals surface area (Å²) in [4.78, 5) is 8.97. The third-order valence-corrected chi connectivity index (χ3v) is 5.70. The number of methoxy groups -OCH3 is 1. The highest BCUT2D eigenvalue weighted by Gasteiger charge is 2.41. The molecular formula is C18H31IN6O. The molecule has 2 saturated carbocycles. The third-order valence-electron chi connectivity index (χ3n) is 5.70. The molecule has 1 aliphatic heterocycles. The van der Waals surface area contributed by atoms with Gasteiger partial charge in [-0.25, -0.2) is 9.67 Å². The molecular weight excluding hydrogens is 443 g/mol. The number of ether oxygens (including phenoxy) is 1. The van der Waals surface area contributed by atoms with Gasteiger partial charge in [0.1, 0.15) is 12.4 Å². The average Bonchev–Trinajstić information content (AvgIpc) is 3.53. The number of halogens is 1. The highest BCUT2D eigenvalue weighted by Crippen LogP contribution is 2.48. The van der Waals surface area contributed by atoms with Crippen molar-refractivity contribution >= 4 is 29.9 Å². The van der Waals surface area contributed by atoms with Crippen LogP contribution in [0.3, 0.4) is 0 Å². The third kappa shape index (κ3) is 4.88. The summed E-state index contributed by atoms with van der Waals surface area (Å²) in [6, 6.07) is 0.344. The molecule has 4 rings (SSSR count). The molecule has 146 valence electrons. The first-order valence-electron chi connectivity index (χ1n) is 9.65. The summed E-state index contributed by atoms with van der Waals surface area (Å²) in [6.45, 7) is 2.38. The van der Waals surface area contributed by atoms with E-state index in [0.29, 0.717) is 12.6 Å². The van der Waals surface area contributed by atoms with E-state index in [-0.39, 0.29) is 24.0 Å². The van der Waals surface area contributed by atoms with Crippen molar-refractivity contribution in [2.75, 3.05) is 20.7 Å². The van der Waals surface area contributed by atoms with E-state index in [0.717, 1.165) is 61.3 Å². The number of fused-ring (bicyclic) bond motifs is 1. The summed E-state index contributed by atoms with van der Waals surface area (Å²) in [5.74, 6) is 5.54.